The molecule has 0 fully saturated rings. The first-order chi connectivity index (χ1) is 8.50. The van der Waals surface area contributed by atoms with E-state index in [1.807, 2.05) is 13.8 Å². The maximum Gasteiger partial charge on any atom is 0.269 e. The van der Waals surface area contributed by atoms with E-state index in [-0.39, 0.29) is 11.6 Å². The van der Waals surface area contributed by atoms with Crippen molar-refractivity contribution in [3.8, 4) is 5.69 Å². The Hall–Kier alpha value is -2.37. The van der Waals surface area contributed by atoms with Gasteiger partial charge in [-0.1, -0.05) is 13.8 Å². The van der Waals surface area contributed by atoms with Gasteiger partial charge in [-0.3, -0.25) is 10.1 Å². The van der Waals surface area contributed by atoms with Crippen LogP contribution in [0, 0.1) is 10.1 Å². The van der Waals surface area contributed by atoms with Crippen LogP contribution in [0.2, 0.25) is 0 Å². The van der Waals surface area contributed by atoms with Crippen LogP contribution in [0.15, 0.2) is 30.5 Å². The number of nitrogens with zero attached hydrogens (tertiary/aromatic N) is 3. The summed E-state index contributed by atoms with van der Waals surface area (Å²) in [7, 11) is 0. The Balaban J connectivity index is 2.46. The van der Waals surface area contributed by atoms with Gasteiger partial charge in [-0.15, -0.1) is 0 Å². The molecule has 0 aliphatic rings. The van der Waals surface area contributed by atoms with E-state index in [4.69, 9.17) is 5.73 Å². The molecule has 94 valence electrons. The molecule has 0 amide bonds. The van der Waals surface area contributed by atoms with Crippen molar-refractivity contribution in [2.45, 2.75) is 19.8 Å². The highest BCUT2D eigenvalue weighted by Crippen LogP contribution is 2.25. The smallest absolute Gasteiger partial charge is 0.269 e. The molecular formula is C12H14N4O2. The van der Waals surface area contributed by atoms with Crippen LogP contribution >= 0.6 is 0 Å². The molecule has 0 bridgehead atoms. The maximum atomic E-state index is 10.6. The monoisotopic (exact) mass is 246 g/mol. The first-order valence-electron chi connectivity index (χ1n) is 5.59. The molecule has 0 unspecified atom stereocenters. The van der Waals surface area contributed by atoms with Crippen molar-refractivity contribution in [2.75, 3.05) is 5.73 Å². The van der Waals surface area contributed by atoms with Gasteiger partial charge in [-0.05, 0) is 18.1 Å². The van der Waals surface area contributed by atoms with Crippen LogP contribution in [0.25, 0.3) is 5.69 Å². The Kier molecular flexibility index (Phi) is 3.01. The van der Waals surface area contributed by atoms with Crippen LogP contribution in [0.4, 0.5) is 11.4 Å². The van der Waals surface area contributed by atoms with Gasteiger partial charge in [0.2, 0.25) is 0 Å². The largest absolute Gasteiger partial charge is 0.396 e. The Bertz CT molecular complexity index is 572. The first-order valence-corrected chi connectivity index (χ1v) is 5.59. The van der Waals surface area contributed by atoms with Gasteiger partial charge in [-0.2, -0.15) is 5.10 Å². The van der Waals surface area contributed by atoms with Crippen LogP contribution in [0.5, 0.6) is 0 Å². The van der Waals surface area contributed by atoms with Gasteiger partial charge < -0.3 is 5.73 Å². The fourth-order valence-corrected chi connectivity index (χ4v) is 1.87. The van der Waals surface area contributed by atoms with Gasteiger partial charge in [0.25, 0.3) is 5.69 Å². The highest BCUT2D eigenvalue weighted by Gasteiger charge is 2.14. The second-order valence-electron chi connectivity index (χ2n) is 4.33. The topological polar surface area (TPSA) is 87.0 Å². The minimum Gasteiger partial charge on any atom is -0.396 e. The van der Waals surface area contributed by atoms with Crippen molar-refractivity contribution < 1.29 is 4.92 Å². The lowest BCUT2D eigenvalue weighted by Crippen LogP contribution is -2.05. The molecule has 6 nitrogen and oxygen atoms in total. The summed E-state index contributed by atoms with van der Waals surface area (Å²) in [4.78, 5) is 10.2. The van der Waals surface area contributed by atoms with Gasteiger partial charge in [0.15, 0.2) is 0 Å². The SMILES string of the molecule is CC(C)c1c(N)cnn1-c1ccc([N+](=O)[O-])cc1. The molecule has 18 heavy (non-hydrogen) atoms. The molecule has 6 heteroatoms. The van der Waals surface area contributed by atoms with Crippen LogP contribution in [-0.4, -0.2) is 14.7 Å². The average molecular weight is 246 g/mol. The van der Waals surface area contributed by atoms with Crippen molar-refractivity contribution >= 4 is 11.4 Å². The van der Waals surface area contributed by atoms with Crippen molar-refractivity contribution in [1.29, 1.82) is 0 Å². The van der Waals surface area contributed by atoms with Gasteiger partial charge >= 0.3 is 0 Å². The third-order valence-corrected chi connectivity index (χ3v) is 2.69. The number of hydrogen-bond donors (Lipinski definition) is 1. The predicted molar refractivity (Wildman–Crippen MR) is 68.7 cm³/mol. The van der Waals surface area contributed by atoms with E-state index >= 15 is 0 Å². The number of hydrogen-bond acceptors (Lipinski definition) is 4. The highest BCUT2D eigenvalue weighted by molar-refractivity contribution is 5.49. The standard InChI is InChI=1S/C12H14N4O2/c1-8(2)12-11(13)7-14-15(12)9-3-5-10(6-4-9)16(17)18/h3-8H,13H2,1-2H3. The van der Waals surface area contributed by atoms with E-state index in [9.17, 15) is 10.1 Å². The molecule has 0 saturated heterocycles. The van der Waals surface area contributed by atoms with Crippen LogP contribution in [0.1, 0.15) is 25.5 Å². The van der Waals surface area contributed by atoms with Crippen LogP contribution in [-0.2, 0) is 0 Å². The second kappa shape index (κ2) is 4.48. The van der Waals surface area contributed by atoms with Crippen LogP contribution in [0.3, 0.4) is 0 Å². The molecule has 0 radical (unpaired) electrons. The fraction of sp³-hybridized carbons (Fsp3) is 0.250. The van der Waals surface area contributed by atoms with E-state index < -0.39 is 4.92 Å². The Labute approximate surface area is 104 Å². The van der Waals surface area contributed by atoms with Gasteiger partial charge in [0, 0.05) is 12.1 Å². The van der Waals surface area contributed by atoms with E-state index in [1.54, 1.807) is 23.0 Å². The molecule has 2 N–H and O–H groups in total. The molecule has 0 atom stereocenters. The summed E-state index contributed by atoms with van der Waals surface area (Å²) in [6.45, 7) is 4.05. The summed E-state index contributed by atoms with van der Waals surface area (Å²) in [5, 5.41) is 14.8. The molecule has 0 spiro atoms. The van der Waals surface area contributed by atoms with Gasteiger partial charge in [-0.25, -0.2) is 4.68 Å². The molecule has 0 aliphatic carbocycles. The minimum absolute atomic E-state index is 0.0602. The number of anilines is 1. The molecular weight excluding hydrogens is 232 g/mol. The predicted octanol–water partition coefficient (Wildman–Crippen LogP) is 2.49. The quantitative estimate of drug-likeness (QED) is 0.665. The zero-order valence-electron chi connectivity index (χ0n) is 10.2. The maximum absolute atomic E-state index is 10.6. The van der Waals surface area contributed by atoms with E-state index in [2.05, 4.69) is 5.10 Å². The van der Waals surface area contributed by atoms with E-state index in [1.165, 1.54) is 12.1 Å². The Morgan fingerprint density at radius 3 is 2.44 bits per heavy atom. The summed E-state index contributed by atoms with van der Waals surface area (Å²) < 4.78 is 1.71. The Morgan fingerprint density at radius 2 is 1.94 bits per heavy atom. The number of rotatable bonds is 3. The number of nitrogens with two attached hydrogens (primary N) is 1. The summed E-state index contributed by atoms with van der Waals surface area (Å²) in [5.41, 5.74) is 8.23. The van der Waals surface area contributed by atoms with E-state index in [0.29, 0.717) is 5.69 Å². The van der Waals surface area contributed by atoms with Crippen molar-refractivity contribution in [3.05, 3.63) is 46.3 Å². The summed E-state index contributed by atoms with van der Waals surface area (Å²) in [6, 6.07) is 6.24. The van der Waals surface area contributed by atoms with Gasteiger partial charge in [0.1, 0.15) is 0 Å². The molecule has 1 heterocycles. The second-order valence-corrected chi connectivity index (χ2v) is 4.33. The summed E-state index contributed by atoms with van der Waals surface area (Å²) in [5.74, 6) is 0.225. The van der Waals surface area contributed by atoms with Crippen LogP contribution < -0.4 is 5.73 Å². The lowest BCUT2D eigenvalue weighted by molar-refractivity contribution is -0.384. The first kappa shape index (κ1) is 12.1. The third kappa shape index (κ3) is 2.04. The molecule has 1 aromatic heterocycles. The molecule has 0 aliphatic heterocycles. The van der Waals surface area contributed by atoms with E-state index in [0.717, 1.165) is 11.4 Å². The van der Waals surface area contributed by atoms with Crippen molar-refractivity contribution in [1.82, 2.24) is 9.78 Å². The molecule has 2 rings (SSSR count). The number of nitro groups is 1. The number of non-ortho nitro benzene ring substituents is 1. The number of nitrogen functional groups attached to an aromatic ring is 1. The normalized spacial score (nSPS) is 10.8. The average Bonchev–Trinajstić information content (AvgIpc) is 2.71. The fourth-order valence-electron chi connectivity index (χ4n) is 1.87. The molecule has 1 aromatic carbocycles. The van der Waals surface area contributed by atoms with Crippen molar-refractivity contribution in [3.63, 3.8) is 0 Å². The number of benzene rings is 1. The lowest BCUT2D eigenvalue weighted by atomic mass is 10.1. The summed E-state index contributed by atoms with van der Waals surface area (Å²) in [6.07, 6.45) is 1.59. The lowest BCUT2D eigenvalue weighted by Gasteiger charge is -2.10. The zero-order chi connectivity index (χ0) is 13.3. The van der Waals surface area contributed by atoms with Crippen molar-refractivity contribution in [2.24, 2.45) is 0 Å². The van der Waals surface area contributed by atoms with Gasteiger partial charge in [0.05, 0.1) is 28.2 Å². The molecule has 0 saturated carbocycles. The highest BCUT2D eigenvalue weighted by atomic mass is 16.6. The number of aromatic nitrogens is 2. The zero-order valence-corrected chi connectivity index (χ0v) is 10.2. The number of nitro benzene ring substituents is 1. The Morgan fingerprint density at radius 1 is 1.33 bits per heavy atom. The molecule has 2 aromatic rings. The minimum atomic E-state index is -0.426. The summed E-state index contributed by atoms with van der Waals surface area (Å²) >= 11 is 0. The third-order valence-electron chi connectivity index (χ3n) is 2.69.